The lowest BCUT2D eigenvalue weighted by Gasteiger charge is -2.27. The number of rotatable bonds is 2. The molecule has 1 aromatic rings. The molecule has 1 aliphatic carbocycles. The minimum Gasteiger partial charge on any atom is -0.307 e. The highest BCUT2D eigenvalue weighted by Crippen LogP contribution is 2.45. The van der Waals surface area contributed by atoms with Crippen LogP contribution in [0.25, 0.3) is 0 Å². The van der Waals surface area contributed by atoms with Crippen LogP contribution in [-0.4, -0.2) is 26.7 Å². The Morgan fingerprint density at radius 1 is 1.11 bits per heavy atom. The summed E-state index contributed by atoms with van der Waals surface area (Å²) in [6, 6.07) is 0. The summed E-state index contributed by atoms with van der Waals surface area (Å²) in [5.74, 6) is 4.34. The summed E-state index contributed by atoms with van der Waals surface area (Å²) in [6.07, 6.45) is 2.65. The van der Waals surface area contributed by atoms with E-state index in [1.54, 1.807) is 0 Å². The molecule has 1 saturated heterocycles. The average Bonchev–Trinajstić information content (AvgIpc) is 3.16. The van der Waals surface area contributed by atoms with E-state index in [0.717, 1.165) is 24.8 Å². The second kappa shape index (κ2) is 4.93. The number of thioether (sulfide) groups is 2. The first-order chi connectivity index (χ1) is 9.33. The highest BCUT2D eigenvalue weighted by molar-refractivity contribution is 8.06. The van der Waals surface area contributed by atoms with E-state index in [4.69, 9.17) is 9.97 Å². The summed E-state index contributed by atoms with van der Waals surface area (Å²) in [4.78, 5) is 9.89. The normalized spacial score (nSPS) is 30.4. The van der Waals surface area contributed by atoms with E-state index >= 15 is 0 Å². The van der Waals surface area contributed by atoms with Crippen molar-refractivity contribution in [2.45, 2.75) is 49.3 Å². The molecule has 0 aromatic carbocycles. The Morgan fingerprint density at radius 2 is 1.95 bits per heavy atom. The van der Waals surface area contributed by atoms with Gasteiger partial charge in [0.15, 0.2) is 0 Å². The monoisotopic (exact) mass is 293 g/mol. The van der Waals surface area contributed by atoms with E-state index in [-0.39, 0.29) is 0 Å². The fourth-order valence-electron chi connectivity index (χ4n) is 2.95. The number of aromatic nitrogens is 2. The van der Waals surface area contributed by atoms with Gasteiger partial charge < -0.3 is 5.32 Å². The third-order valence-electron chi connectivity index (χ3n) is 4.14. The van der Waals surface area contributed by atoms with Crippen molar-refractivity contribution >= 4 is 23.5 Å². The summed E-state index contributed by atoms with van der Waals surface area (Å²) in [6.45, 7) is 4.24. The Labute approximate surface area is 122 Å². The Hall–Kier alpha value is -0.260. The van der Waals surface area contributed by atoms with E-state index in [9.17, 15) is 0 Å². The zero-order chi connectivity index (χ0) is 12.8. The highest BCUT2D eigenvalue weighted by atomic mass is 32.2. The zero-order valence-electron chi connectivity index (χ0n) is 11.2. The second-order valence-corrected chi connectivity index (χ2v) is 8.37. The minimum absolute atomic E-state index is 0.488. The van der Waals surface area contributed by atoms with Crippen molar-refractivity contribution in [3.05, 3.63) is 22.8 Å². The number of nitrogens with one attached hydrogen (secondary N) is 1. The van der Waals surface area contributed by atoms with Crippen molar-refractivity contribution < 1.29 is 0 Å². The fraction of sp³-hybridized carbons (Fsp3) is 0.714. The molecule has 0 radical (unpaired) electrons. The van der Waals surface area contributed by atoms with Crippen LogP contribution < -0.4 is 5.32 Å². The maximum atomic E-state index is 5.00. The van der Waals surface area contributed by atoms with E-state index in [1.165, 1.54) is 41.3 Å². The predicted molar refractivity (Wildman–Crippen MR) is 81.7 cm³/mol. The number of hydrogen-bond donors (Lipinski definition) is 1. The van der Waals surface area contributed by atoms with Crippen LogP contribution in [0.2, 0.25) is 0 Å². The molecule has 102 valence electrons. The highest BCUT2D eigenvalue weighted by Gasteiger charge is 2.34. The van der Waals surface area contributed by atoms with Gasteiger partial charge in [0, 0.05) is 41.3 Å². The molecule has 1 aromatic heterocycles. The lowest BCUT2D eigenvalue weighted by atomic mass is 10.1. The summed E-state index contributed by atoms with van der Waals surface area (Å²) in [5, 5.41) is 4.56. The van der Waals surface area contributed by atoms with Gasteiger partial charge in [-0.2, -0.15) is 11.8 Å². The number of fused-ring (bicyclic) bond motifs is 1. The maximum Gasteiger partial charge on any atom is 0.143 e. The Bertz CT molecular complexity index is 502. The van der Waals surface area contributed by atoms with Crippen molar-refractivity contribution in [1.82, 2.24) is 15.3 Å². The third-order valence-corrected chi connectivity index (χ3v) is 7.23. The molecule has 3 heterocycles. The molecule has 0 bridgehead atoms. The topological polar surface area (TPSA) is 37.8 Å². The van der Waals surface area contributed by atoms with Gasteiger partial charge in [0.1, 0.15) is 5.82 Å². The molecule has 2 aliphatic heterocycles. The minimum atomic E-state index is 0.488. The maximum absolute atomic E-state index is 5.00. The lowest BCUT2D eigenvalue weighted by Crippen LogP contribution is -2.19. The zero-order valence-corrected chi connectivity index (χ0v) is 12.8. The Kier molecular flexibility index (Phi) is 3.24. The molecular formula is C14H19N3S2. The van der Waals surface area contributed by atoms with Crippen LogP contribution in [0.15, 0.2) is 0 Å². The molecule has 2 unspecified atom stereocenters. The van der Waals surface area contributed by atoms with Gasteiger partial charge in [0.05, 0.1) is 16.6 Å². The van der Waals surface area contributed by atoms with Gasteiger partial charge in [-0.3, -0.25) is 0 Å². The molecule has 0 spiro atoms. The van der Waals surface area contributed by atoms with Crippen LogP contribution in [0.1, 0.15) is 53.7 Å². The van der Waals surface area contributed by atoms with Gasteiger partial charge in [-0.15, -0.1) is 11.8 Å². The van der Waals surface area contributed by atoms with Crippen LogP contribution in [0.3, 0.4) is 0 Å². The van der Waals surface area contributed by atoms with Gasteiger partial charge in [-0.1, -0.05) is 6.92 Å². The molecule has 2 atom stereocenters. The van der Waals surface area contributed by atoms with Gasteiger partial charge in [-0.25, -0.2) is 9.97 Å². The standard InChI is InChI=1S/C14H19N3S2/c1-8-13(19-5-4-18-8)14-16-11-7-15-6-10(11)12(17-14)9-2-3-9/h8-9,13,15H,2-7H2,1H3. The molecule has 2 fully saturated rings. The molecule has 19 heavy (non-hydrogen) atoms. The molecule has 3 nitrogen and oxygen atoms in total. The quantitative estimate of drug-likeness (QED) is 0.907. The Balaban J connectivity index is 1.73. The smallest absolute Gasteiger partial charge is 0.143 e. The van der Waals surface area contributed by atoms with Crippen molar-refractivity contribution in [2.75, 3.05) is 11.5 Å². The van der Waals surface area contributed by atoms with Crippen LogP contribution >= 0.6 is 23.5 Å². The molecule has 3 aliphatic rings. The van der Waals surface area contributed by atoms with E-state index in [2.05, 4.69) is 24.0 Å². The molecule has 1 N–H and O–H groups in total. The number of hydrogen-bond acceptors (Lipinski definition) is 5. The summed E-state index contributed by atoms with van der Waals surface area (Å²) in [5.41, 5.74) is 4.05. The fourth-order valence-corrected chi connectivity index (χ4v) is 5.64. The summed E-state index contributed by atoms with van der Waals surface area (Å²) < 4.78 is 0. The van der Waals surface area contributed by atoms with Crippen molar-refractivity contribution in [3.8, 4) is 0 Å². The molecule has 1 saturated carbocycles. The van der Waals surface area contributed by atoms with Gasteiger partial charge in [-0.05, 0) is 12.8 Å². The van der Waals surface area contributed by atoms with E-state index in [0.29, 0.717) is 10.5 Å². The first kappa shape index (κ1) is 12.5. The molecule has 4 rings (SSSR count). The van der Waals surface area contributed by atoms with E-state index in [1.807, 2.05) is 11.8 Å². The third kappa shape index (κ3) is 2.30. The SMILES string of the molecule is CC1SCCSC1c1nc2c(c(C3CC3)n1)CNC2. The van der Waals surface area contributed by atoms with Gasteiger partial charge in [0.25, 0.3) is 0 Å². The van der Waals surface area contributed by atoms with Crippen molar-refractivity contribution in [3.63, 3.8) is 0 Å². The average molecular weight is 293 g/mol. The summed E-state index contributed by atoms with van der Waals surface area (Å²) >= 11 is 4.11. The number of nitrogens with zero attached hydrogens (tertiary/aromatic N) is 2. The van der Waals surface area contributed by atoms with Crippen LogP contribution in [0.5, 0.6) is 0 Å². The van der Waals surface area contributed by atoms with Crippen molar-refractivity contribution in [2.24, 2.45) is 0 Å². The summed E-state index contributed by atoms with van der Waals surface area (Å²) in [7, 11) is 0. The largest absolute Gasteiger partial charge is 0.307 e. The Morgan fingerprint density at radius 3 is 2.74 bits per heavy atom. The van der Waals surface area contributed by atoms with Gasteiger partial charge >= 0.3 is 0 Å². The van der Waals surface area contributed by atoms with Gasteiger partial charge in [0.2, 0.25) is 0 Å². The molecular weight excluding hydrogens is 274 g/mol. The van der Waals surface area contributed by atoms with Crippen LogP contribution in [0, 0.1) is 0 Å². The predicted octanol–water partition coefficient (Wildman–Crippen LogP) is 2.87. The second-order valence-electron chi connectivity index (χ2n) is 5.64. The first-order valence-corrected chi connectivity index (χ1v) is 9.26. The molecule has 0 amide bonds. The van der Waals surface area contributed by atoms with Crippen molar-refractivity contribution in [1.29, 1.82) is 0 Å². The van der Waals surface area contributed by atoms with E-state index < -0.39 is 0 Å². The lowest BCUT2D eigenvalue weighted by molar-refractivity contribution is 0.752. The first-order valence-electron chi connectivity index (χ1n) is 7.16. The molecule has 5 heteroatoms. The van der Waals surface area contributed by atoms with Crippen LogP contribution in [-0.2, 0) is 13.1 Å². The van der Waals surface area contributed by atoms with Crippen LogP contribution in [0.4, 0.5) is 0 Å².